The summed E-state index contributed by atoms with van der Waals surface area (Å²) in [7, 11) is 0. The lowest BCUT2D eigenvalue weighted by atomic mass is 10.1. The monoisotopic (exact) mass is 252 g/mol. The van der Waals surface area contributed by atoms with Crippen LogP contribution in [0, 0.1) is 28.5 Å². The molecule has 19 heavy (non-hydrogen) atoms. The molecule has 0 saturated heterocycles. The number of nitrogens with zero attached hydrogens (tertiary/aromatic N) is 2. The third-order valence-electron chi connectivity index (χ3n) is 2.52. The first-order valence-electron chi connectivity index (χ1n) is 5.54. The Morgan fingerprint density at radius 1 is 1.05 bits per heavy atom. The maximum absolute atomic E-state index is 13.3. The molecule has 0 fully saturated rings. The highest BCUT2D eigenvalue weighted by molar-refractivity contribution is 5.37. The van der Waals surface area contributed by atoms with E-state index < -0.39 is 5.82 Å². The van der Waals surface area contributed by atoms with Crippen LogP contribution in [0.25, 0.3) is 0 Å². The summed E-state index contributed by atoms with van der Waals surface area (Å²) in [6.07, 6.45) is 0. The highest BCUT2D eigenvalue weighted by Crippen LogP contribution is 2.17. The molecule has 0 aliphatic carbocycles. The smallest absolute Gasteiger partial charge is 0.144 e. The average Bonchev–Trinajstić information content (AvgIpc) is 2.45. The minimum atomic E-state index is -0.606. The van der Waals surface area contributed by atoms with Crippen LogP contribution in [-0.4, -0.2) is 0 Å². The summed E-state index contributed by atoms with van der Waals surface area (Å²) in [6.45, 7) is 0.237. The molecule has 0 aromatic heterocycles. The maximum atomic E-state index is 13.3. The number of nitriles is 2. The SMILES string of the molecule is N#Cc1cccc(COc2ccc(C#N)c(F)c2)c1. The lowest BCUT2D eigenvalue weighted by Crippen LogP contribution is -1.96. The zero-order valence-corrected chi connectivity index (χ0v) is 9.93. The van der Waals surface area contributed by atoms with Crippen molar-refractivity contribution in [3.05, 3.63) is 65.0 Å². The third-order valence-corrected chi connectivity index (χ3v) is 2.52. The van der Waals surface area contributed by atoms with E-state index in [1.165, 1.54) is 18.2 Å². The third kappa shape index (κ3) is 3.08. The number of ether oxygens (including phenoxy) is 1. The molecule has 0 N–H and O–H groups in total. The largest absolute Gasteiger partial charge is 0.489 e. The van der Waals surface area contributed by atoms with Crippen molar-refractivity contribution in [3.8, 4) is 17.9 Å². The van der Waals surface area contributed by atoms with Crippen LogP contribution in [0.2, 0.25) is 0 Å². The van der Waals surface area contributed by atoms with Crippen molar-refractivity contribution in [2.45, 2.75) is 6.61 Å². The fraction of sp³-hybridized carbons (Fsp3) is 0.0667. The summed E-state index contributed by atoms with van der Waals surface area (Å²) in [6, 6.07) is 14.9. The summed E-state index contributed by atoms with van der Waals surface area (Å²) < 4.78 is 18.8. The van der Waals surface area contributed by atoms with Gasteiger partial charge in [0.05, 0.1) is 17.2 Å². The van der Waals surface area contributed by atoms with Gasteiger partial charge >= 0.3 is 0 Å². The molecule has 0 atom stereocenters. The van der Waals surface area contributed by atoms with E-state index in [4.69, 9.17) is 15.3 Å². The molecule has 0 radical (unpaired) electrons. The van der Waals surface area contributed by atoms with Gasteiger partial charge in [-0.15, -0.1) is 0 Å². The summed E-state index contributed by atoms with van der Waals surface area (Å²) in [5, 5.41) is 17.4. The Morgan fingerprint density at radius 2 is 1.89 bits per heavy atom. The molecule has 2 aromatic carbocycles. The van der Waals surface area contributed by atoms with E-state index in [1.807, 2.05) is 12.1 Å². The predicted octanol–water partition coefficient (Wildman–Crippen LogP) is 3.15. The molecule has 4 heteroatoms. The van der Waals surface area contributed by atoms with Gasteiger partial charge in [0.1, 0.15) is 24.2 Å². The molecule has 0 bridgehead atoms. The molecule has 0 heterocycles. The first-order valence-corrected chi connectivity index (χ1v) is 5.54. The van der Waals surface area contributed by atoms with Crippen LogP contribution in [0.5, 0.6) is 5.75 Å². The normalized spacial score (nSPS) is 9.42. The van der Waals surface area contributed by atoms with E-state index in [9.17, 15) is 4.39 Å². The molecule has 3 nitrogen and oxygen atoms in total. The van der Waals surface area contributed by atoms with Crippen LogP contribution in [0.1, 0.15) is 16.7 Å². The number of hydrogen-bond donors (Lipinski definition) is 0. The van der Waals surface area contributed by atoms with Crippen molar-refractivity contribution >= 4 is 0 Å². The lowest BCUT2D eigenvalue weighted by Gasteiger charge is -2.07. The van der Waals surface area contributed by atoms with Crippen molar-refractivity contribution in [2.75, 3.05) is 0 Å². The molecular weight excluding hydrogens is 243 g/mol. The second-order valence-electron chi connectivity index (χ2n) is 3.85. The van der Waals surface area contributed by atoms with E-state index >= 15 is 0 Å². The topological polar surface area (TPSA) is 56.8 Å². The van der Waals surface area contributed by atoms with Crippen molar-refractivity contribution in [2.24, 2.45) is 0 Å². The van der Waals surface area contributed by atoms with Gasteiger partial charge in [-0.25, -0.2) is 4.39 Å². The van der Waals surface area contributed by atoms with Crippen LogP contribution in [-0.2, 0) is 6.61 Å². The summed E-state index contributed by atoms with van der Waals surface area (Å²) in [4.78, 5) is 0. The van der Waals surface area contributed by atoms with Gasteiger partial charge in [-0.05, 0) is 29.8 Å². The van der Waals surface area contributed by atoms with E-state index in [1.54, 1.807) is 24.3 Å². The second kappa shape index (κ2) is 5.66. The van der Waals surface area contributed by atoms with Crippen LogP contribution < -0.4 is 4.74 Å². The second-order valence-corrected chi connectivity index (χ2v) is 3.85. The predicted molar refractivity (Wildman–Crippen MR) is 66.6 cm³/mol. The molecule has 0 aliphatic rings. The van der Waals surface area contributed by atoms with E-state index in [0.717, 1.165) is 5.56 Å². The van der Waals surface area contributed by atoms with Crippen molar-refractivity contribution < 1.29 is 9.13 Å². The Balaban J connectivity index is 2.09. The summed E-state index contributed by atoms with van der Waals surface area (Å²) in [5.41, 5.74) is 1.36. The molecule has 0 amide bonds. The number of halogens is 1. The van der Waals surface area contributed by atoms with Gasteiger partial charge < -0.3 is 4.74 Å². The van der Waals surface area contributed by atoms with Gasteiger partial charge in [-0.2, -0.15) is 10.5 Å². The Kier molecular flexibility index (Phi) is 3.75. The van der Waals surface area contributed by atoms with Crippen LogP contribution >= 0.6 is 0 Å². The highest BCUT2D eigenvalue weighted by Gasteiger charge is 2.04. The van der Waals surface area contributed by atoms with Gasteiger partial charge in [0.25, 0.3) is 0 Å². The van der Waals surface area contributed by atoms with Crippen molar-refractivity contribution in [1.29, 1.82) is 10.5 Å². The molecule has 0 spiro atoms. The van der Waals surface area contributed by atoms with Crippen LogP contribution in [0.4, 0.5) is 4.39 Å². The van der Waals surface area contributed by atoms with E-state index in [-0.39, 0.29) is 12.2 Å². The van der Waals surface area contributed by atoms with Gasteiger partial charge in [-0.3, -0.25) is 0 Å². The molecule has 2 aromatic rings. The molecule has 0 aliphatic heterocycles. The van der Waals surface area contributed by atoms with E-state index in [2.05, 4.69) is 0 Å². The molecule has 0 saturated carbocycles. The van der Waals surface area contributed by atoms with Gasteiger partial charge in [0, 0.05) is 6.07 Å². The Labute approximate surface area is 110 Å². The van der Waals surface area contributed by atoms with Gasteiger partial charge in [0.2, 0.25) is 0 Å². The Bertz CT molecular complexity index is 683. The molecule has 0 unspecified atom stereocenters. The minimum Gasteiger partial charge on any atom is -0.489 e. The van der Waals surface area contributed by atoms with Crippen LogP contribution in [0.15, 0.2) is 42.5 Å². The fourth-order valence-electron chi connectivity index (χ4n) is 1.57. The van der Waals surface area contributed by atoms with Gasteiger partial charge in [0.15, 0.2) is 0 Å². The number of rotatable bonds is 3. The summed E-state index contributed by atoms with van der Waals surface area (Å²) >= 11 is 0. The zero-order chi connectivity index (χ0) is 13.7. The lowest BCUT2D eigenvalue weighted by molar-refractivity contribution is 0.304. The standard InChI is InChI=1S/C15H9FN2O/c16-15-7-14(5-4-13(15)9-18)19-10-12-3-1-2-11(6-12)8-17/h1-7H,10H2. The van der Waals surface area contributed by atoms with Crippen molar-refractivity contribution in [3.63, 3.8) is 0 Å². The number of benzene rings is 2. The van der Waals surface area contributed by atoms with Crippen molar-refractivity contribution in [1.82, 2.24) is 0 Å². The van der Waals surface area contributed by atoms with E-state index in [0.29, 0.717) is 11.3 Å². The molecule has 92 valence electrons. The zero-order valence-electron chi connectivity index (χ0n) is 9.93. The Morgan fingerprint density at radius 3 is 2.58 bits per heavy atom. The highest BCUT2D eigenvalue weighted by atomic mass is 19.1. The van der Waals surface area contributed by atoms with Crippen LogP contribution in [0.3, 0.4) is 0 Å². The average molecular weight is 252 g/mol. The minimum absolute atomic E-state index is 0.0150. The molecular formula is C15H9FN2O. The number of hydrogen-bond acceptors (Lipinski definition) is 3. The first kappa shape index (κ1) is 12.6. The molecule has 2 rings (SSSR count). The summed E-state index contributed by atoms with van der Waals surface area (Å²) in [5.74, 6) is -0.260. The Hall–Kier alpha value is -2.85. The quantitative estimate of drug-likeness (QED) is 0.843. The van der Waals surface area contributed by atoms with Gasteiger partial charge in [-0.1, -0.05) is 12.1 Å². The fourth-order valence-corrected chi connectivity index (χ4v) is 1.57. The first-order chi connectivity index (χ1) is 9.22. The maximum Gasteiger partial charge on any atom is 0.144 e.